The van der Waals surface area contributed by atoms with E-state index in [4.69, 9.17) is 5.73 Å². The number of anilines is 1. The molecule has 2 rings (SSSR count). The molecule has 2 N–H and O–H groups in total. The standard InChI is InChI=1S/C15H19N3OS.ClH/c1-3-18(12-6-4-11(2)5-7-12)15(19)13-10-20-14(17-13)8-9-16;/h4-7,10H,3,8-9,16H2,1-2H3;1H. The lowest BCUT2D eigenvalue weighted by molar-refractivity contribution is 0.0984. The number of nitrogens with zero attached hydrogens (tertiary/aromatic N) is 2. The van der Waals surface area contributed by atoms with Crippen LogP contribution in [-0.2, 0) is 6.42 Å². The first-order chi connectivity index (χ1) is 9.65. The van der Waals surface area contributed by atoms with Gasteiger partial charge < -0.3 is 10.6 Å². The van der Waals surface area contributed by atoms with Crippen molar-refractivity contribution in [2.75, 3.05) is 18.0 Å². The van der Waals surface area contributed by atoms with E-state index >= 15 is 0 Å². The van der Waals surface area contributed by atoms with Gasteiger partial charge in [0.1, 0.15) is 5.69 Å². The molecule has 4 nitrogen and oxygen atoms in total. The Hall–Kier alpha value is -1.43. The van der Waals surface area contributed by atoms with Gasteiger partial charge in [0, 0.05) is 24.0 Å². The Bertz CT molecular complexity index is 583. The minimum absolute atomic E-state index is 0. The number of thiazole rings is 1. The average molecular weight is 326 g/mol. The molecule has 21 heavy (non-hydrogen) atoms. The van der Waals surface area contributed by atoms with Crippen LogP contribution in [0.25, 0.3) is 0 Å². The maximum absolute atomic E-state index is 12.5. The van der Waals surface area contributed by atoms with Gasteiger partial charge in [0.2, 0.25) is 0 Å². The molecule has 0 spiro atoms. The minimum atomic E-state index is -0.0594. The molecular formula is C15H20ClN3OS. The van der Waals surface area contributed by atoms with E-state index in [0.29, 0.717) is 25.2 Å². The molecule has 2 aromatic rings. The van der Waals surface area contributed by atoms with Gasteiger partial charge in [-0.3, -0.25) is 4.79 Å². The van der Waals surface area contributed by atoms with Crippen molar-refractivity contribution in [2.24, 2.45) is 5.73 Å². The van der Waals surface area contributed by atoms with E-state index in [0.717, 1.165) is 10.7 Å². The SMILES string of the molecule is CCN(C(=O)c1csc(CCN)n1)c1ccc(C)cc1.Cl. The largest absolute Gasteiger partial charge is 0.330 e. The number of aryl methyl sites for hydroxylation is 1. The molecule has 0 saturated heterocycles. The smallest absolute Gasteiger partial charge is 0.277 e. The summed E-state index contributed by atoms with van der Waals surface area (Å²) >= 11 is 1.49. The lowest BCUT2D eigenvalue weighted by Crippen LogP contribution is -2.30. The molecule has 1 aromatic carbocycles. The van der Waals surface area contributed by atoms with Crippen LogP contribution in [0.2, 0.25) is 0 Å². The number of amides is 1. The fourth-order valence-corrected chi connectivity index (χ4v) is 2.74. The summed E-state index contributed by atoms with van der Waals surface area (Å²) in [5, 5.41) is 2.72. The van der Waals surface area contributed by atoms with Crippen molar-refractivity contribution in [3.63, 3.8) is 0 Å². The molecule has 1 amide bonds. The highest BCUT2D eigenvalue weighted by Gasteiger charge is 2.18. The van der Waals surface area contributed by atoms with Crippen molar-refractivity contribution in [3.05, 3.63) is 45.9 Å². The van der Waals surface area contributed by atoms with Crippen LogP contribution in [0.1, 0.15) is 28.0 Å². The zero-order chi connectivity index (χ0) is 14.5. The van der Waals surface area contributed by atoms with Gasteiger partial charge >= 0.3 is 0 Å². The number of rotatable bonds is 5. The highest BCUT2D eigenvalue weighted by Crippen LogP contribution is 2.19. The van der Waals surface area contributed by atoms with Crippen molar-refractivity contribution in [1.29, 1.82) is 0 Å². The predicted molar refractivity (Wildman–Crippen MR) is 90.6 cm³/mol. The molecule has 0 atom stereocenters. The summed E-state index contributed by atoms with van der Waals surface area (Å²) in [5.74, 6) is -0.0594. The highest BCUT2D eigenvalue weighted by molar-refractivity contribution is 7.09. The third kappa shape index (κ3) is 4.27. The Kier molecular flexibility index (Phi) is 6.81. The second-order valence-electron chi connectivity index (χ2n) is 4.55. The van der Waals surface area contributed by atoms with Crippen LogP contribution in [-0.4, -0.2) is 24.0 Å². The van der Waals surface area contributed by atoms with Crippen LogP contribution in [0.4, 0.5) is 5.69 Å². The zero-order valence-corrected chi connectivity index (χ0v) is 13.8. The van der Waals surface area contributed by atoms with Crippen molar-refractivity contribution >= 4 is 35.3 Å². The summed E-state index contributed by atoms with van der Waals surface area (Å²) < 4.78 is 0. The molecule has 0 bridgehead atoms. The molecule has 6 heteroatoms. The number of benzene rings is 1. The van der Waals surface area contributed by atoms with Crippen LogP contribution in [0.15, 0.2) is 29.6 Å². The van der Waals surface area contributed by atoms with Gasteiger partial charge in [-0.2, -0.15) is 0 Å². The van der Waals surface area contributed by atoms with E-state index in [2.05, 4.69) is 4.98 Å². The maximum Gasteiger partial charge on any atom is 0.277 e. The van der Waals surface area contributed by atoms with Gasteiger partial charge in [-0.1, -0.05) is 17.7 Å². The van der Waals surface area contributed by atoms with Gasteiger partial charge in [0.05, 0.1) is 5.01 Å². The fraction of sp³-hybridized carbons (Fsp3) is 0.333. The van der Waals surface area contributed by atoms with Crippen LogP contribution in [0.5, 0.6) is 0 Å². The topological polar surface area (TPSA) is 59.2 Å². The first kappa shape index (κ1) is 17.6. The van der Waals surface area contributed by atoms with E-state index < -0.39 is 0 Å². The molecule has 0 aliphatic carbocycles. The molecule has 0 radical (unpaired) electrons. The van der Waals surface area contributed by atoms with Crippen LogP contribution in [0.3, 0.4) is 0 Å². The maximum atomic E-state index is 12.5. The summed E-state index contributed by atoms with van der Waals surface area (Å²) in [5.41, 5.74) is 8.09. The number of carbonyl (C=O) groups excluding carboxylic acids is 1. The van der Waals surface area contributed by atoms with Crippen LogP contribution >= 0.6 is 23.7 Å². The van der Waals surface area contributed by atoms with Crippen molar-refractivity contribution in [2.45, 2.75) is 20.3 Å². The lowest BCUT2D eigenvalue weighted by atomic mass is 10.2. The van der Waals surface area contributed by atoms with Crippen molar-refractivity contribution in [1.82, 2.24) is 4.98 Å². The van der Waals surface area contributed by atoms with Crippen LogP contribution < -0.4 is 10.6 Å². The molecule has 0 unspecified atom stereocenters. The Morgan fingerprint density at radius 1 is 1.33 bits per heavy atom. The second-order valence-corrected chi connectivity index (χ2v) is 5.49. The van der Waals surface area contributed by atoms with E-state index in [9.17, 15) is 4.79 Å². The molecule has 0 fully saturated rings. The van der Waals surface area contributed by atoms with E-state index in [1.807, 2.05) is 43.5 Å². The van der Waals surface area contributed by atoms with Crippen LogP contribution in [0, 0.1) is 6.92 Å². The zero-order valence-electron chi connectivity index (χ0n) is 12.2. The van der Waals surface area contributed by atoms with E-state index in [1.165, 1.54) is 16.9 Å². The Morgan fingerprint density at radius 2 is 2.00 bits per heavy atom. The number of carbonyl (C=O) groups is 1. The summed E-state index contributed by atoms with van der Waals surface area (Å²) in [6, 6.07) is 7.94. The summed E-state index contributed by atoms with van der Waals surface area (Å²) in [7, 11) is 0. The third-order valence-electron chi connectivity index (χ3n) is 3.04. The monoisotopic (exact) mass is 325 g/mol. The number of nitrogens with two attached hydrogens (primary N) is 1. The van der Waals surface area contributed by atoms with Gasteiger partial charge in [-0.05, 0) is 32.5 Å². The molecule has 1 aromatic heterocycles. The lowest BCUT2D eigenvalue weighted by Gasteiger charge is -2.20. The molecule has 114 valence electrons. The molecule has 1 heterocycles. The Labute approximate surface area is 135 Å². The van der Waals surface area contributed by atoms with Gasteiger partial charge in [-0.25, -0.2) is 4.98 Å². The number of halogens is 1. The Morgan fingerprint density at radius 3 is 2.57 bits per heavy atom. The fourth-order valence-electron chi connectivity index (χ4n) is 1.95. The number of aromatic nitrogens is 1. The summed E-state index contributed by atoms with van der Waals surface area (Å²) in [6.45, 7) is 5.16. The number of hydrogen-bond acceptors (Lipinski definition) is 4. The van der Waals surface area contributed by atoms with Crippen molar-refractivity contribution < 1.29 is 4.79 Å². The Balaban J connectivity index is 0.00000220. The van der Waals surface area contributed by atoms with Gasteiger partial charge in [0.15, 0.2) is 0 Å². The third-order valence-corrected chi connectivity index (χ3v) is 3.94. The average Bonchev–Trinajstić information content (AvgIpc) is 2.90. The number of hydrogen-bond donors (Lipinski definition) is 1. The summed E-state index contributed by atoms with van der Waals surface area (Å²) in [4.78, 5) is 18.6. The predicted octanol–water partition coefficient (Wildman–Crippen LogP) is 3.04. The van der Waals surface area contributed by atoms with Crippen molar-refractivity contribution in [3.8, 4) is 0 Å². The van der Waals surface area contributed by atoms with Gasteiger partial charge in [-0.15, -0.1) is 23.7 Å². The molecule has 0 saturated carbocycles. The normalized spacial score (nSPS) is 10.0. The molecule has 0 aliphatic heterocycles. The molecular weight excluding hydrogens is 306 g/mol. The van der Waals surface area contributed by atoms with E-state index in [-0.39, 0.29) is 18.3 Å². The minimum Gasteiger partial charge on any atom is -0.330 e. The quantitative estimate of drug-likeness (QED) is 0.919. The highest BCUT2D eigenvalue weighted by atomic mass is 35.5. The first-order valence-corrected chi connectivity index (χ1v) is 7.56. The van der Waals surface area contributed by atoms with E-state index in [1.54, 1.807) is 4.90 Å². The second kappa shape index (κ2) is 8.12. The first-order valence-electron chi connectivity index (χ1n) is 6.68. The molecule has 0 aliphatic rings. The summed E-state index contributed by atoms with van der Waals surface area (Å²) in [6.07, 6.45) is 0.717. The van der Waals surface area contributed by atoms with Gasteiger partial charge in [0.25, 0.3) is 5.91 Å².